The van der Waals surface area contributed by atoms with Gasteiger partial charge in [-0.25, -0.2) is 23.8 Å². The van der Waals surface area contributed by atoms with E-state index < -0.39 is 26.8 Å². The van der Waals surface area contributed by atoms with Gasteiger partial charge in [0, 0.05) is 44.5 Å². The summed E-state index contributed by atoms with van der Waals surface area (Å²) in [6, 6.07) is 4.46. The lowest BCUT2D eigenvalue weighted by atomic mass is 10.1. The number of rotatable bonds is 9. The Morgan fingerprint density at radius 2 is 1.87 bits per heavy atom. The summed E-state index contributed by atoms with van der Waals surface area (Å²) in [5.41, 5.74) is 0.692. The third kappa shape index (κ3) is 6.04. The van der Waals surface area contributed by atoms with Crippen molar-refractivity contribution in [2.75, 3.05) is 39.9 Å². The van der Waals surface area contributed by atoms with Crippen LogP contribution < -0.4 is 21.8 Å². The van der Waals surface area contributed by atoms with Crippen molar-refractivity contribution in [1.29, 1.82) is 0 Å². The lowest BCUT2D eigenvalue weighted by molar-refractivity contribution is 0.0363. The topological polar surface area (TPSA) is 132 Å². The van der Waals surface area contributed by atoms with Crippen LogP contribution in [0.5, 0.6) is 0 Å². The Balaban J connectivity index is 1.62. The first-order chi connectivity index (χ1) is 18.6. The molecule has 0 amide bonds. The number of nitrogens with zero attached hydrogens (tertiary/aromatic N) is 4. The van der Waals surface area contributed by atoms with E-state index in [0.717, 1.165) is 56.5 Å². The molecule has 1 aromatic heterocycles. The molecule has 0 spiro atoms. The highest BCUT2D eigenvalue weighted by Gasteiger charge is 2.41. The molecule has 2 heterocycles. The lowest BCUT2D eigenvalue weighted by Gasteiger charge is -2.27. The van der Waals surface area contributed by atoms with E-state index in [1.54, 1.807) is 22.7 Å². The molecule has 5 rings (SSSR count). The van der Waals surface area contributed by atoms with Crippen molar-refractivity contribution >= 4 is 20.9 Å². The average Bonchev–Trinajstić information content (AvgIpc) is 3.67. The van der Waals surface area contributed by atoms with Gasteiger partial charge in [-0.2, -0.15) is 0 Å². The van der Waals surface area contributed by atoms with Crippen LogP contribution in [0.2, 0.25) is 0 Å². The fourth-order valence-corrected chi connectivity index (χ4v) is 6.74. The van der Waals surface area contributed by atoms with Crippen LogP contribution in [0.1, 0.15) is 39.0 Å². The van der Waals surface area contributed by atoms with Gasteiger partial charge in [0.25, 0.3) is 5.56 Å². The number of aromatic nitrogens is 2. The van der Waals surface area contributed by atoms with E-state index >= 15 is 0 Å². The minimum absolute atomic E-state index is 0.0149. The summed E-state index contributed by atoms with van der Waals surface area (Å²) in [6.45, 7) is 5.68. The van der Waals surface area contributed by atoms with Crippen molar-refractivity contribution in [2.24, 2.45) is 5.84 Å². The van der Waals surface area contributed by atoms with Crippen LogP contribution in [0, 0.1) is 0 Å². The number of hydrogen-bond acceptors (Lipinski definition) is 8. The fraction of sp³-hybridized carbons (Fsp3) is 0.556. The molecule has 0 bridgehead atoms. The maximum absolute atomic E-state index is 13.9. The van der Waals surface area contributed by atoms with Gasteiger partial charge < -0.3 is 9.75 Å². The lowest BCUT2D eigenvalue weighted by Crippen LogP contribution is -2.44. The van der Waals surface area contributed by atoms with E-state index in [0.29, 0.717) is 31.8 Å². The molecule has 1 saturated heterocycles. The van der Waals surface area contributed by atoms with E-state index in [4.69, 9.17) is 10.6 Å². The molecule has 3 aliphatic rings. The second-order valence-corrected chi connectivity index (χ2v) is 12.7. The van der Waals surface area contributed by atoms with Crippen LogP contribution in [-0.2, 0) is 27.8 Å². The number of hydrazine groups is 1. The molecule has 212 valence electrons. The second-order valence-electron chi connectivity index (χ2n) is 11.0. The number of ether oxygens (including phenoxy) is 1. The summed E-state index contributed by atoms with van der Waals surface area (Å²) < 4.78 is 37.3. The van der Waals surface area contributed by atoms with E-state index in [2.05, 4.69) is 9.62 Å². The highest BCUT2D eigenvalue weighted by atomic mass is 32.2. The van der Waals surface area contributed by atoms with Crippen LogP contribution in [0.4, 0.5) is 0 Å². The third-order valence-corrected chi connectivity index (χ3v) is 9.50. The molecule has 1 aliphatic heterocycles. The molecule has 0 unspecified atom stereocenters. The quantitative estimate of drug-likeness (QED) is 0.346. The number of sulfonamides is 1. The molecular weight excluding hydrogens is 520 g/mol. The van der Waals surface area contributed by atoms with Gasteiger partial charge in [0.2, 0.25) is 10.0 Å². The van der Waals surface area contributed by atoms with Gasteiger partial charge in [0.1, 0.15) is 0 Å². The summed E-state index contributed by atoms with van der Waals surface area (Å²) in [5, 5.41) is 1.74. The molecule has 1 aromatic carbocycles. The van der Waals surface area contributed by atoms with Crippen LogP contribution >= 0.6 is 0 Å². The molecule has 3 N–H and O–H groups in total. The van der Waals surface area contributed by atoms with Gasteiger partial charge in [0.05, 0.1) is 35.6 Å². The Morgan fingerprint density at radius 3 is 2.56 bits per heavy atom. The number of nitrogens with two attached hydrogens (primary N) is 1. The first-order valence-corrected chi connectivity index (χ1v) is 15.0. The van der Waals surface area contributed by atoms with E-state index in [9.17, 15) is 18.0 Å². The summed E-state index contributed by atoms with van der Waals surface area (Å²) in [7, 11) is -2.08. The Labute approximate surface area is 228 Å². The number of allylic oxidation sites excluding steroid dienone is 4. The zero-order valence-corrected chi connectivity index (χ0v) is 23.5. The molecule has 0 atom stereocenters. The summed E-state index contributed by atoms with van der Waals surface area (Å²) >= 11 is 0. The fourth-order valence-electron chi connectivity index (χ4n) is 5.25. The number of morpholine rings is 1. The normalized spacial score (nSPS) is 19.9. The first-order valence-electron chi connectivity index (χ1n) is 13.6. The largest absolute Gasteiger partial charge is 0.379 e. The van der Waals surface area contributed by atoms with Crippen molar-refractivity contribution < 1.29 is 13.2 Å². The Kier molecular flexibility index (Phi) is 7.84. The number of fused-ring (bicyclic) bond motifs is 1. The van der Waals surface area contributed by atoms with Gasteiger partial charge in [0.15, 0.2) is 0 Å². The molecule has 39 heavy (non-hydrogen) atoms. The van der Waals surface area contributed by atoms with Gasteiger partial charge in [-0.05, 0) is 62.8 Å². The van der Waals surface area contributed by atoms with E-state index in [1.165, 1.54) is 16.7 Å². The molecule has 2 aromatic rings. The Bertz CT molecular complexity index is 1530. The SMILES string of the molecule is CN(N)C1=C(Cn2c(=O)c3cc(S(=O)(=O)NC4(C)CC4)ccc3n(CCN3CCOCC3)c2=O)C=CCCC1. The highest BCUT2D eigenvalue weighted by molar-refractivity contribution is 7.89. The summed E-state index contributed by atoms with van der Waals surface area (Å²) in [6.07, 6.45) is 8.04. The zero-order chi connectivity index (χ0) is 27.8. The van der Waals surface area contributed by atoms with E-state index in [-0.39, 0.29) is 16.8 Å². The number of benzene rings is 1. The predicted molar refractivity (Wildman–Crippen MR) is 150 cm³/mol. The molecule has 0 radical (unpaired) electrons. The number of nitrogens with one attached hydrogen (secondary N) is 1. The molecule has 1 saturated carbocycles. The van der Waals surface area contributed by atoms with Crippen molar-refractivity contribution in [3.63, 3.8) is 0 Å². The smallest absolute Gasteiger partial charge is 0.331 e. The first kappa shape index (κ1) is 27.8. The maximum Gasteiger partial charge on any atom is 0.331 e. The van der Waals surface area contributed by atoms with Crippen molar-refractivity contribution in [3.05, 3.63) is 62.5 Å². The second kappa shape index (κ2) is 11.0. The Hall–Kier alpha value is -2.77. The third-order valence-electron chi connectivity index (χ3n) is 7.86. The van der Waals surface area contributed by atoms with Crippen LogP contribution in [0.15, 0.2) is 56.1 Å². The monoisotopic (exact) mass is 558 g/mol. The minimum Gasteiger partial charge on any atom is -0.379 e. The maximum atomic E-state index is 13.9. The van der Waals surface area contributed by atoms with Crippen LogP contribution in [-0.4, -0.2) is 72.9 Å². The van der Waals surface area contributed by atoms with Crippen molar-refractivity contribution in [1.82, 2.24) is 23.8 Å². The van der Waals surface area contributed by atoms with Gasteiger partial charge >= 0.3 is 5.69 Å². The van der Waals surface area contributed by atoms with Crippen molar-refractivity contribution in [3.8, 4) is 0 Å². The molecular formula is C27H38N6O5S. The van der Waals surface area contributed by atoms with Gasteiger partial charge in [-0.15, -0.1) is 0 Å². The zero-order valence-electron chi connectivity index (χ0n) is 22.7. The molecule has 2 aliphatic carbocycles. The summed E-state index contributed by atoms with van der Waals surface area (Å²) in [4.78, 5) is 29.9. The number of hydrogen-bond donors (Lipinski definition) is 2. The van der Waals surface area contributed by atoms with E-state index in [1.807, 2.05) is 19.1 Å². The summed E-state index contributed by atoms with van der Waals surface area (Å²) in [5.74, 6) is 6.11. The average molecular weight is 559 g/mol. The van der Waals surface area contributed by atoms with Crippen molar-refractivity contribution in [2.45, 2.75) is 62.6 Å². The van der Waals surface area contributed by atoms with Crippen LogP contribution in [0.25, 0.3) is 10.9 Å². The predicted octanol–water partition coefficient (Wildman–Crippen LogP) is 1.13. The molecule has 12 heteroatoms. The Morgan fingerprint density at radius 1 is 1.13 bits per heavy atom. The molecule has 11 nitrogen and oxygen atoms in total. The minimum atomic E-state index is -3.83. The highest BCUT2D eigenvalue weighted by Crippen LogP contribution is 2.36. The van der Waals surface area contributed by atoms with Gasteiger partial charge in [-0.1, -0.05) is 12.2 Å². The van der Waals surface area contributed by atoms with Crippen LogP contribution in [0.3, 0.4) is 0 Å². The van der Waals surface area contributed by atoms with Gasteiger partial charge in [-0.3, -0.25) is 18.8 Å². The molecule has 2 fully saturated rings. The standard InChI is InChI=1S/C27H38N6O5S/c1-27(10-11-27)29-39(36,37)21-8-9-24-22(18-21)25(34)33(19-20-6-4-3-5-7-23(20)30(2)28)26(35)32(24)13-12-31-14-16-38-17-15-31/h4,6,8-9,18,29H,3,5,7,10-17,19,28H2,1-2H3.